The van der Waals surface area contributed by atoms with Crippen LogP contribution in [0.25, 0.3) is 163 Å². The summed E-state index contributed by atoms with van der Waals surface area (Å²) in [6.45, 7) is 0. The molecule has 18 aromatic rings. The molecule has 0 aliphatic rings. The van der Waals surface area contributed by atoms with Crippen LogP contribution in [0.5, 0.6) is 0 Å². The molecule has 18 rings (SSSR count). The maximum absolute atomic E-state index is 6.84. The van der Waals surface area contributed by atoms with Gasteiger partial charge in [0.25, 0.3) is 0 Å². The molecule has 0 amide bonds. The van der Waals surface area contributed by atoms with Gasteiger partial charge >= 0.3 is 0 Å². The first-order chi connectivity index (χ1) is 38.7. The molecular weight excluding hydrogens is 969 g/mol. The SMILES string of the molecule is c1ccc2c(c1)sc1ccc(-n3c4ccc(-c5ccc6oc7cc(-n8c9ccccc9c9cccc(-n%10c%11ccccc%11c%11ccccc%11%10)c98)ccc7c6c5)cc4c4cc(-n5c6ccccc6c6ccccc65)ccc43)cc12. The van der Waals surface area contributed by atoms with Crippen LogP contribution in [-0.4, -0.2) is 18.3 Å². The number of fused-ring (bicyclic) bond motifs is 18. The third kappa shape index (κ3) is 5.78. The van der Waals surface area contributed by atoms with Gasteiger partial charge in [-0.05, 0) is 126 Å². The highest BCUT2D eigenvalue weighted by atomic mass is 32.1. The van der Waals surface area contributed by atoms with E-state index < -0.39 is 0 Å². The minimum atomic E-state index is 0.853. The summed E-state index contributed by atoms with van der Waals surface area (Å²) in [7, 11) is 0. The van der Waals surface area contributed by atoms with E-state index in [-0.39, 0.29) is 0 Å². The fraction of sp³-hybridized carbons (Fsp3) is 0. The minimum absolute atomic E-state index is 0.853. The predicted molar refractivity (Wildman–Crippen MR) is 329 cm³/mol. The van der Waals surface area contributed by atoms with E-state index in [2.05, 4.69) is 273 Å². The number of furan rings is 1. The van der Waals surface area contributed by atoms with Gasteiger partial charge in [-0.3, -0.25) is 0 Å². The number of nitrogens with zero attached hydrogens (tertiary/aromatic N) is 4. The van der Waals surface area contributed by atoms with Crippen molar-refractivity contribution in [2.24, 2.45) is 0 Å². The van der Waals surface area contributed by atoms with E-state index in [1.54, 1.807) is 0 Å². The minimum Gasteiger partial charge on any atom is -0.456 e. The van der Waals surface area contributed by atoms with Crippen molar-refractivity contribution >= 4 is 141 Å². The van der Waals surface area contributed by atoms with Crippen molar-refractivity contribution in [3.63, 3.8) is 0 Å². The van der Waals surface area contributed by atoms with Gasteiger partial charge in [0.2, 0.25) is 0 Å². The molecule has 5 nitrogen and oxygen atoms in total. The Morgan fingerprint density at radius 3 is 1.36 bits per heavy atom. The molecule has 0 N–H and O–H groups in total. The monoisotopic (exact) mass is 1010 g/mol. The van der Waals surface area contributed by atoms with Crippen LogP contribution in [0.15, 0.2) is 259 Å². The number of rotatable bonds is 5. The lowest BCUT2D eigenvalue weighted by molar-refractivity contribution is 0.668. The zero-order chi connectivity index (χ0) is 50.7. The molecule has 78 heavy (non-hydrogen) atoms. The van der Waals surface area contributed by atoms with Gasteiger partial charge < -0.3 is 22.7 Å². The average molecular weight is 1010 g/mol. The highest BCUT2D eigenvalue weighted by Crippen LogP contribution is 2.44. The van der Waals surface area contributed by atoms with Gasteiger partial charge in [-0.1, -0.05) is 133 Å². The van der Waals surface area contributed by atoms with Crippen molar-refractivity contribution < 1.29 is 4.42 Å². The van der Waals surface area contributed by atoms with Gasteiger partial charge in [-0.25, -0.2) is 0 Å². The first-order valence-electron chi connectivity index (χ1n) is 26.6. The highest BCUT2D eigenvalue weighted by molar-refractivity contribution is 7.25. The quantitative estimate of drug-likeness (QED) is 0.169. The van der Waals surface area contributed by atoms with Crippen molar-refractivity contribution in [1.82, 2.24) is 18.3 Å². The normalized spacial score (nSPS) is 12.4. The molecule has 6 heterocycles. The van der Waals surface area contributed by atoms with Crippen LogP contribution in [0.2, 0.25) is 0 Å². The fourth-order valence-corrected chi connectivity index (χ4v) is 14.5. The lowest BCUT2D eigenvalue weighted by atomic mass is 10.0. The zero-order valence-corrected chi connectivity index (χ0v) is 42.7. The summed E-state index contributed by atoms with van der Waals surface area (Å²) in [4.78, 5) is 0. The Morgan fingerprint density at radius 1 is 0.244 bits per heavy atom. The van der Waals surface area contributed by atoms with Gasteiger partial charge in [0.1, 0.15) is 11.2 Å². The van der Waals surface area contributed by atoms with Crippen LogP contribution in [-0.2, 0) is 0 Å². The number of hydrogen-bond donors (Lipinski definition) is 0. The maximum atomic E-state index is 6.84. The van der Waals surface area contributed by atoms with Crippen LogP contribution >= 0.6 is 11.3 Å². The van der Waals surface area contributed by atoms with E-state index in [0.717, 1.165) is 66.8 Å². The van der Waals surface area contributed by atoms with Crippen LogP contribution < -0.4 is 0 Å². The lowest BCUT2D eigenvalue weighted by Crippen LogP contribution is -2.00. The summed E-state index contributed by atoms with van der Waals surface area (Å²) in [5.41, 5.74) is 17.9. The average Bonchev–Trinajstić information content (AvgIpc) is 4.52. The molecule has 6 heteroatoms. The Hall–Kier alpha value is -10.1. The number of hydrogen-bond acceptors (Lipinski definition) is 2. The molecule has 12 aromatic carbocycles. The van der Waals surface area contributed by atoms with Gasteiger partial charge in [0.05, 0.1) is 55.5 Å². The first-order valence-corrected chi connectivity index (χ1v) is 27.5. The third-order valence-electron chi connectivity index (χ3n) is 16.7. The second kappa shape index (κ2) is 15.7. The van der Waals surface area contributed by atoms with E-state index in [4.69, 9.17) is 4.42 Å². The maximum Gasteiger partial charge on any atom is 0.137 e. The number of aromatic nitrogens is 4. The summed E-state index contributed by atoms with van der Waals surface area (Å²) < 4.78 is 19.2. The molecule has 0 radical (unpaired) electrons. The summed E-state index contributed by atoms with van der Waals surface area (Å²) >= 11 is 1.86. The summed E-state index contributed by atoms with van der Waals surface area (Å²) in [5, 5.41) is 14.6. The van der Waals surface area contributed by atoms with E-state index in [1.807, 2.05) is 11.3 Å². The number of benzene rings is 12. The van der Waals surface area contributed by atoms with Crippen LogP contribution in [0, 0.1) is 0 Å². The van der Waals surface area contributed by atoms with Crippen LogP contribution in [0.4, 0.5) is 0 Å². The van der Waals surface area contributed by atoms with Crippen molar-refractivity contribution in [2.75, 3.05) is 0 Å². The molecule has 0 unspecified atom stereocenters. The van der Waals surface area contributed by atoms with E-state index in [1.165, 1.54) is 96.4 Å². The van der Waals surface area contributed by atoms with Gasteiger partial charge in [0.15, 0.2) is 0 Å². The predicted octanol–water partition coefficient (Wildman–Crippen LogP) is 20.0. The van der Waals surface area contributed by atoms with Crippen molar-refractivity contribution in [3.8, 4) is 33.9 Å². The first kappa shape index (κ1) is 42.1. The van der Waals surface area contributed by atoms with Crippen molar-refractivity contribution in [1.29, 1.82) is 0 Å². The summed E-state index contributed by atoms with van der Waals surface area (Å²) in [5.74, 6) is 0. The number of thiophene rings is 1. The molecule has 0 saturated heterocycles. The van der Waals surface area contributed by atoms with Crippen molar-refractivity contribution in [3.05, 3.63) is 255 Å². The summed E-state index contributed by atoms with van der Waals surface area (Å²) in [6.07, 6.45) is 0. The topological polar surface area (TPSA) is 32.9 Å². The fourth-order valence-electron chi connectivity index (χ4n) is 13.4. The molecule has 6 aromatic heterocycles. The Kier molecular flexibility index (Phi) is 8.49. The molecule has 0 aliphatic carbocycles. The van der Waals surface area contributed by atoms with Gasteiger partial charge in [-0.2, -0.15) is 0 Å². The Balaban J connectivity index is 0.813. The molecule has 0 atom stereocenters. The second-order valence-electron chi connectivity index (χ2n) is 20.8. The standard InChI is InChI=1S/C72H42N4OS/c1-7-21-60-48(14-1)49-15-2-8-22-61(49)73(60)45-31-35-66-57(40-45)56-38-43(28-34-65(56)74(66)46-32-37-71-59(41-46)54-19-6-12-27-70(54)78-71)44-29-36-68-58(39-44)53-33-30-47(42-69(53)77-68)75-62-23-9-5-18-52(62)55-20-13-26-67(72(55)75)76-63-24-10-3-16-50(63)51-17-4-11-25-64(51)76/h1-42H. The van der Waals surface area contributed by atoms with E-state index >= 15 is 0 Å². The van der Waals surface area contributed by atoms with E-state index in [9.17, 15) is 0 Å². The third-order valence-corrected chi connectivity index (χ3v) is 17.9. The molecule has 0 saturated carbocycles. The molecule has 0 aliphatic heterocycles. The smallest absolute Gasteiger partial charge is 0.137 e. The van der Waals surface area contributed by atoms with Gasteiger partial charge in [0, 0.05) is 91.5 Å². The summed E-state index contributed by atoms with van der Waals surface area (Å²) in [6, 6.07) is 93.8. The van der Waals surface area contributed by atoms with Gasteiger partial charge in [-0.15, -0.1) is 11.3 Å². The Morgan fingerprint density at radius 2 is 0.692 bits per heavy atom. The Labute approximate surface area is 449 Å². The van der Waals surface area contributed by atoms with Crippen molar-refractivity contribution in [2.45, 2.75) is 0 Å². The molecule has 0 spiro atoms. The highest BCUT2D eigenvalue weighted by Gasteiger charge is 2.22. The molecule has 362 valence electrons. The molecule has 0 bridgehead atoms. The van der Waals surface area contributed by atoms with Crippen LogP contribution in [0.1, 0.15) is 0 Å². The van der Waals surface area contributed by atoms with Crippen LogP contribution in [0.3, 0.4) is 0 Å². The largest absolute Gasteiger partial charge is 0.456 e. The second-order valence-corrected chi connectivity index (χ2v) is 21.9. The molecular formula is C72H42N4OS. The van der Waals surface area contributed by atoms with E-state index in [0.29, 0.717) is 0 Å². The number of para-hydroxylation sites is 6. The Bertz CT molecular complexity index is 5490. The zero-order valence-electron chi connectivity index (χ0n) is 41.9. The molecule has 0 fully saturated rings. The lowest BCUT2D eigenvalue weighted by Gasteiger charge is -2.14.